The van der Waals surface area contributed by atoms with E-state index in [4.69, 9.17) is 5.26 Å². The van der Waals surface area contributed by atoms with Crippen LogP contribution in [0.1, 0.15) is 223 Å². The summed E-state index contributed by atoms with van der Waals surface area (Å²) in [6.07, 6.45) is -8.11. The molecule has 0 atom stereocenters. The number of hydrogen-bond donors (Lipinski definition) is 2. The number of carbonyl (C=O) groups is 8. The van der Waals surface area contributed by atoms with E-state index in [1.165, 1.54) is 75.1 Å². The van der Waals surface area contributed by atoms with Gasteiger partial charge < -0.3 is 34.9 Å². The summed E-state index contributed by atoms with van der Waals surface area (Å²) >= 11 is 0. The summed E-state index contributed by atoms with van der Waals surface area (Å²) in [4.78, 5) is 137. The van der Waals surface area contributed by atoms with Crippen molar-refractivity contribution < 1.29 is 101 Å². The Kier molecular flexibility index (Phi) is 28.0. The van der Waals surface area contributed by atoms with Crippen LogP contribution in [-0.4, -0.2) is 251 Å². The molecule has 0 radical (unpaired) electrons. The SMILES string of the molecule is CC(C)c1cc(-c2ccc(C(F)(F)F)c(F)c2)nn2cc(C(=O)N3CCN(C(=O)C4CC(O)(C(F)(F)F)C4)CC3(C)C)nc12.CC(C)c1cc(-c2ccc(C(F)(F)F)c(F)c2)nn2cc(C(=O)N3CCNC(=O)C3(C)C)nc12.CC(C)c1cc(-c2ccc(F)cc2)nn2cc(C(=O)N3CCN(C#N)C(=O)C3(C)C)nc12.CC(C)c1cc(-c2ccc(F)cc2)nn2cc(C(=O)N3CCN(C4=NCN=N4)C(=O)C3(C)C)nc12. The molecule has 0 bridgehead atoms. The first-order valence-electron chi connectivity index (χ1n) is 46.3. The number of guanidine groups is 1. The molecule has 2 N–H and O–H groups in total. The van der Waals surface area contributed by atoms with Crippen molar-refractivity contribution in [2.75, 3.05) is 65.6 Å². The highest BCUT2D eigenvalue weighted by Crippen LogP contribution is 2.50. The minimum Gasteiger partial charge on any atom is -0.380 e. The van der Waals surface area contributed by atoms with E-state index < -0.39 is 117 Å². The van der Waals surface area contributed by atoms with Gasteiger partial charge in [0.1, 0.15) is 62.7 Å². The Morgan fingerprint density at radius 3 is 1.14 bits per heavy atom. The molecule has 12 aromatic rings. The maximum absolute atomic E-state index is 14.3. The quantitative estimate of drug-likeness (QED) is 0.0799. The molecule has 762 valence electrons. The van der Waals surface area contributed by atoms with Crippen LogP contribution < -0.4 is 5.32 Å². The minimum atomic E-state index is -4.86. The van der Waals surface area contributed by atoms with Gasteiger partial charge >= 0.3 is 18.5 Å². The molecule has 46 heteroatoms. The van der Waals surface area contributed by atoms with Crippen LogP contribution in [0.3, 0.4) is 0 Å². The molecule has 33 nitrogen and oxygen atoms in total. The highest BCUT2D eigenvalue weighted by molar-refractivity contribution is 6.06. The third-order valence-corrected chi connectivity index (χ3v) is 26.5. The highest BCUT2D eigenvalue weighted by Gasteiger charge is 2.64. The van der Waals surface area contributed by atoms with Gasteiger partial charge in [0.05, 0.1) is 70.8 Å². The van der Waals surface area contributed by atoms with Gasteiger partial charge in [0.25, 0.3) is 35.4 Å². The molecule has 18 rings (SSSR count). The molecular weight excluding hydrogens is 1920 g/mol. The van der Waals surface area contributed by atoms with Crippen molar-refractivity contribution in [3.63, 3.8) is 0 Å². The minimum absolute atomic E-state index is 0.0113. The van der Waals surface area contributed by atoms with E-state index in [1.54, 1.807) is 113 Å². The van der Waals surface area contributed by atoms with Crippen molar-refractivity contribution >= 4 is 75.8 Å². The lowest BCUT2D eigenvalue weighted by molar-refractivity contribution is -0.297. The number of aromatic nitrogens is 12. The fourth-order valence-corrected chi connectivity index (χ4v) is 18.1. The molecule has 145 heavy (non-hydrogen) atoms. The van der Waals surface area contributed by atoms with Crippen molar-refractivity contribution in [1.82, 2.24) is 98.0 Å². The summed E-state index contributed by atoms with van der Waals surface area (Å²) in [6, 6.07) is 24.3. The van der Waals surface area contributed by atoms with Gasteiger partial charge in [0.2, 0.25) is 17.8 Å². The number of nitrogens with one attached hydrogen (secondary N) is 1. The molecule has 8 amide bonds. The molecule has 4 saturated heterocycles. The number of nitriles is 1. The number of benzene rings is 4. The van der Waals surface area contributed by atoms with E-state index in [-0.39, 0.29) is 150 Å². The van der Waals surface area contributed by atoms with Crippen molar-refractivity contribution in [2.24, 2.45) is 21.1 Å². The fourth-order valence-electron chi connectivity index (χ4n) is 18.1. The number of imidazole rings is 4. The van der Waals surface area contributed by atoms with Crippen LogP contribution in [0, 0.1) is 40.6 Å². The van der Waals surface area contributed by atoms with Gasteiger partial charge in [-0.15, -0.1) is 5.11 Å². The van der Waals surface area contributed by atoms with Gasteiger partial charge in [0.15, 0.2) is 41.1 Å². The van der Waals surface area contributed by atoms with E-state index in [9.17, 15) is 101 Å². The predicted octanol–water partition coefficient (Wildman–Crippen LogP) is 16.2. The van der Waals surface area contributed by atoms with E-state index in [1.807, 2.05) is 73.7 Å². The monoisotopic (exact) mass is 2020 g/mol. The second kappa shape index (κ2) is 38.9. The summed E-state index contributed by atoms with van der Waals surface area (Å²) in [5.41, 5.74) is -1.08. The van der Waals surface area contributed by atoms with Crippen LogP contribution in [0.15, 0.2) is 149 Å². The maximum Gasteiger partial charge on any atom is 0.419 e. The molecule has 4 aromatic carbocycles. The number of fused-ring (bicyclic) bond motifs is 4. The lowest BCUT2D eigenvalue weighted by Crippen LogP contribution is -2.65. The van der Waals surface area contributed by atoms with Crippen LogP contribution in [0.5, 0.6) is 0 Å². The number of hydrogen-bond acceptors (Lipinski definition) is 21. The first-order chi connectivity index (χ1) is 67.8. The number of azo groups is 1. The van der Waals surface area contributed by atoms with Crippen LogP contribution in [0.2, 0.25) is 0 Å². The Hall–Kier alpha value is -15.1. The standard InChI is InChI=1S/C29H30F7N5O3.C24H25FN8O2.C23H23F4N5O2.C23H23FN6O2/c1-15(2)18-10-21(16-5-6-19(20(30)9-16)28(31,32)33)38-41-13-22(37-23(18)41)25(43)40-8-7-39(14-26(40,3)4)24(42)17-11-27(44,12-17)29(34,35)36;1-14(2)17-11-18(15-5-7-16(25)8-6-15)30-33-12-19(28-20(17)33)21(34)32-10-9-31(22(35)24(32,3)4)23-26-13-27-29-23;1-12(2)14-10-17(13-5-6-15(16(24)9-13)23(25,26)27)30-32-11-18(29-19(14)32)20(33)31-8-7-28-21(34)22(31,3)4;1-14(2)17-11-18(15-5-7-16(24)8-6-15)27-30-12-19(26-20(17)30)21(31)29-10-9-28(13-25)22(32)23(29,3)4/h5-6,9-10,13,15,17,44H,7-8,11-12,14H2,1-4H3;5-8,11-12,14H,9-10,13H2,1-4H3;5-6,9-12H,7-8H2,1-4H3,(H,28,34);5-8,11-12,14H,9-10H2,1-4H3. The number of piperazine rings is 4. The maximum atomic E-state index is 14.3. The Morgan fingerprint density at radius 2 is 0.800 bits per heavy atom. The number of amides is 8. The van der Waals surface area contributed by atoms with E-state index >= 15 is 0 Å². The van der Waals surface area contributed by atoms with E-state index in [2.05, 4.69) is 60.9 Å². The second-order valence-corrected chi connectivity index (χ2v) is 39.4. The van der Waals surface area contributed by atoms with Gasteiger partial charge in [-0.05, 0) is 189 Å². The molecule has 8 aromatic heterocycles. The van der Waals surface area contributed by atoms with Crippen molar-refractivity contribution in [3.05, 3.63) is 213 Å². The van der Waals surface area contributed by atoms with Crippen LogP contribution in [0.4, 0.5) is 57.1 Å². The van der Waals surface area contributed by atoms with Gasteiger partial charge in [-0.25, -0.2) is 65.5 Å². The van der Waals surface area contributed by atoms with Crippen LogP contribution >= 0.6 is 0 Å². The zero-order chi connectivity index (χ0) is 106. The number of carbonyl (C=O) groups excluding carboxylic acids is 8. The zero-order valence-electron chi connectivity index (χ0n) is 81.5. The first kappa shape index (κ1) is 104. The lowest BCUT2D eigenvalue weighted by atomic mass is 9.69. The molecule has 0 spiro atoms. The Labute approximate surface area is 820 Å². The van der Waals surface area contributed by atoms with Crippen LogP contribution in [-0.2, 0) is 31.5 Å². The molecule has 0 unspecified atom stereocenters. The molecule has 5 aliphatic heterocycles. The Balaban J connectivity index is 0.000000146. The molecule has 1 aliphatic carbocycles. The highest BCUT2D eigenvalue weighted by atomic mass is 19.4. The smallest absolute Gasteiger partial charge is 0.380 e. The summed E-state index contributed by atoms with van der Waals surface area (Å²) in [6.45, 7) is 30.9. The number of halogens is 13. The number of nitrogens with zero attached hydrogens (tertiary/aromatic N) is 23. The Bertz CT molecular complexity index is 7270. The third kappa shape index (κ3) is 20.4. The number of alkyl halides is 9. The van der Waals surface area contributed by atoms with Crippen molar-refractivity contribution in [1.29, 1.82) is 5.26 Å². The van der Waals surface area contributed by atoms with Crippen molar-refractivity contribution in [3.8, 4) is 51.2 Å². The number of aliphatic imine (C=N–C) groups is 1. The molecule has 6 aliphatic rings. The normalized spacial score (nSPS) is 18.4. The van der Waals surface area contributed by atoms with Gasteiger partial charge in [-0.1, -0.05) is 67.5 Å². The molecule has 5 fully saturated rings. The van der Waals surface area contributed by atoms with Gasteiger partial charge in [-0.2, -0.15) is 70.3 Å². The average molecular weight is 2020 g/mol. The molecular formula is C99H101F13N24O9. The van der Waals surface area contributed by atoms with Crippen LogP contribution in [0.25, 0.3) is 67.6 Å². The lowest BCUT2D eigenvalue weighted by Gasteiger charge is -2.50. The number of aliphatic hydroxyl groups is 1. The average Bonchev–Trinajstić information content (AvgIpc) is 1.44. The van der Waals surface area contributed by atoms with Gasteiger partial charge in [0, 0.05) is 103 Å². The summed E-state index contributed by atoms with van der Waals surface area (Å²) in [5.74, 6) is -7.39. The van der Waals surface area contributed by atoms with Crippen molar-refractivity contribution in [2.45, 2.75) is 194 Å². The molecule has 13 heterocycles. The molecule has 1 saturated carbocycles. The summed E-state index contributed by atoms with van der Waals surface area (Å²) in [7, 11) is 0. The first-order valence-corrected chi connectivity index (χ1v) is 46.3. The third-order valence-electron chi connectivity index (χ3n) is 26.5. The summed E-state index contributed by atoms with van der Waals surface area (Å²) < 4.78 is 178. The predicted molar refractivity (Wildman–Crippen MR) is 500 cm³/mol. The number of rotatable bonds is 13. The second-order valence-electron chi connectivity index (χ2n) is 39.4. The van der Waals surface area contributed by atoms with Gasteiger partial charge in [-0.3, -0.25) is 43.3 Å². The fraction of sp³-hybridized carbons (Fsp3) is 0.414. The zero-order valence-corrected chi connectivity index (χ0v) is 81.5. The van der Waals surface area contributed by atoms with E-state index in [0.29, 0.717) is 76.9 Å². The Morgan fingerprint density at radius 1 is 0.448 bits per heavy atom. The van der Waals surface area contributed by atoms with E-state index in [0.717, 1.165) is 51.4 Å². The topological polar surface area (TPSA) is 373 Å². The largest absolute Gasteiger partial charge is 0.419 e. The summed E-state index contributed by atoms with van der Waals surface area (Å²) in [5, 5.41) is 47.3.